The largest absolute Gasteiger partial charge is 0.349 e. The Hall–Kier alpha value is -3.08. The molecule has 0 aliphatic heterocycles. The van der Waals surface area contributed by atoms with Crippen molar-refractivity contribution < 1.29 is 17.8 Å². The molecule has 9 nitrogen and oxygen atoms in total. The Morgan fingerprint density at radius 2 is 1.89 bits per heavy atom. The fourth-order valence-corrected chi connectivity index (χ4v) is 3.60. The van der Waals surface area contributed by atoms with E-state index < -0.39 is 10.1 Å². The van der Waals surface area contributed by atoms with Crippen LogP contribution in [0.15, 0.2) is 47.5 Å². The van der Waals surface area contributed by atoms with Crippen LogP contribution in [0.2, 0.25) is 0 Å². The molecule has 1 aliphatic carbocycles. The quantitative estimate of drug-likeness (QED) is 0.478. The summed E-state index contributed by atoms with van der Waals surface area (Å²) in [5, 5.41) is 3.61. The first-order valence-electron chi connectivity index (χ1n) is 11.4. The number of amides is 1. The molecule has 0 spiro atoms. The topological polar surface area (TPSA) is 122 Å². The molecule has 2 aromatic carbocycles. The van der Waals surface area contributed by atoms with Crippen LogP contribution in [0.3, 0.4) is 0 Å². The van der Waals surface area contributed by atoms with Gasteiger partial charge in [-0.2, -0.15) is 8.42 Å². The second-order valence-corrected chi connectivity index (χ2v) is 10.6. The number of fused-ring (bicyclic) bond motifs is 1. The average Bonchev–Trinajstić information content (AvgIpc) is 3.57. The van der Waals surface area contributed by atoms with Gasteiger partial charge >= 0.3 is 0 Å². The first-order chi connectivity index (χ1) is 16.4. The molecule has 1 fully saturated rings. The second-order valence-electron chi connectivity index (χ2n) is 9.16. The van der Waals surface area contributed by atoms with Crippen LogP contribution in [0, 0.1) is 6.92 Å². The van der Waals surface area contributed by atoms with Crippen molar-refractivity contribution in [2.24, 2.45) is 0 Å². The van der Waals surface area contributed by atoms with Crippen molar-refractivity contribution in [3.63, 3.8) is 0 Å². The van der Waals surface area contributed by atoms with E-state index in [0.29, 0.717) is 34.5 Å². The van der Waals surface area contributed by atoms with Gasteiger partial charge in [-0.15, -0.1) is 0 Å². The van der Waals surface area contributed by atoms with Crippen LogP contribution in [0.1, 0.15) is 40.7 Å². The summed E-state index contributed by atoms with van der Waals surface area (Å²) in [5.74, 6) is -0.0938. The van der Waals surface area contributed by atoms with Gasteiger partial charge in [0.05, 0.1) is 22.8 Å². The minimum absolute atomic E-state index is 0.0938. The van der Waals surface area contributed by atoms with E-state index in [1.54, 1.807) is 23.0 Å². The number of nitrogens with zero attached hydrogens (tertiary/aromatic N) is 3. The molecule has 1 saturated carbocycles. The lowest BCUT2D eigenvalue weighted by molar-refractivity contribution is 0.0951. The van der Waals surface area contributed by atoms with Crippen LogP contribution in [0.25, 0.3) is 16.6 Å². The monoisotopic (exact) mass is 500 g/mol. The normalized spacial score (nSPS) is 13.4. The Kier molecular flexibility index (Phi) is 8.42. The molecule has 4 rings (SSSR count). The zero-order valence-corrected chi connectivity index (χ0v) is 21.3. The Morgan fingerprint density at radius 3 is 2.51 bits per heavy atom. The van der Waals surface area contributed by atoms with Crippen molar-refractivity contribution in [2.75, 3.05) is 26.9 Å². The molecule has 0 unspecified atom stereocenters. The van der Waals surface area contributed by atoms with E-state index in [1.165, 1.54) is 0 Å². The molecule has 1 heterocycles. The number of hydrogen-bond donors (Lipinski definition) is 2. The van der Waals surface area contributed by atoms with Gasteiger partial charge in [0.2, 0.25) is 0 Å². The van der Waals surface area contributed by atoms with Crippen molar-refractivity contribution in [3.05, 3.63) is 69.8 Å². The maximum absolute atomic E-state index is 13.3. The van der Waals surface area contributed by atoms with Gasteiger partial charge in [0.15, 0.2) is 0 Å². The Balaban J connectivity index is 0.000000623. The van der Waals surface area contributed by atoms with Crippen molar-refractivity contribution in [2.45, 2.75) is 38.6 Å². The van der Waals surface area contributed by atoms with E-state index in [1.807, 2.05) is 31.2 Å². The summed E-state index contributed by atoms with van der Waals surface area (Å²) in [6.07, 6.45) is 6.29. The van der Waals surface area contributed by atoms with E-state index in [2.05, 4.69) is 29.3 Å². The zero-order chi connectivity index (χ0) is 25.8. The first-order valence-corrected chi connectivity index (χ1v) is 13.3. The summed E-state index contributed by atoms with van der Waals surface area (Å²) in [5.41, 5.74) is 3.88. The number of carbonyl (C=O) groups is 1. The van der Waals surface area contributed by atoms with Crippen LogP contribution >= 0.6 is 0 Å². The minimum Gasteiger partial charge on any atom is -0.349 e. The van der Waals surface area contributed by atoms with E-state index >= 15 is 0 Å². The summed E-state index contributed by atoms with van der Waals surface area (Å²) in [6.45, 7) is 2.94. The number of nitrogens with one attached hydrogen (secondary N) is 1. The third kappa shape index (κ3) is 7.98. The lowest BCUT2D eigenvalue weighted by Crippen LogP contribution is -2.26. The molecular formula is C25H32N4O5S. The third-order valence-corrected chi connectivity index (χ3v) is 5.54. The van der Waals surface area contributed by atoms with Crippen LogP contribution in [-0.4, -0.2) is 66.3 Å². The van der Waals surface area contributed by atoms with Crippen molar-refractivity contribution >= 4 is 26.9 Å². The fraction of sp³-hybridized carbons (Fsp3) is 0.400. The highest BCUT2D eigenvalue weighted by atomic mass is 32.2. The maximum Gasteiger partial charge on any atom is 0.265 e. The number of aryl methyl sites for hydroxylation is 2. The van der Waals surface area contributed by atoms with Gasteiger partial charge < -0.3 is 10.2 Å². The number of rotatable bonds is 7. The Morgan fingerprint density at radius 1 is 1.20 bits per heavy atom. The maximum atomic E-state index is 13.3. The highest BCUT2D eigenvalue weighted by Gasteiger charge is 2.24. The van der Waals surface area contributed by atoms with Crippen LogP contribution in [0.5, 0.6) is 0 Å². The number of benzene rings is 2. The molecule has 188 valence electrons. The molecule has 0 saturated heterocycles. The SMILES string of the molecule is CS(=O)(=O)O.Cc1ccc(C(=O)NC2CC2)cc1-n1cnc2ccc(CCCN(C)C)cc2c1=O. The van der Waals surface area contributed by atoms with Crippen LogP contribution in [-0.2, 0) is 16.5 Å². The van der Waals surface area contributed by atoms with E-state index in [9.17, 15) is 18.0 Å². The van der Waals surface area contributed by atoms with Gasteiger partial charge in [0.1, 0.15) is 6.33 Å². The molecule has 0 bridgehead atoms. The van der Waals surface area contributed by atoms with E-state index in [4.69, 9.17) is 4.55 Å². The first kappa shape index (κ1) is 26.5. The van der Waals surface area contributed by atoms with Crippen molar-refractivity contribution in [1.29, 1.82) is 0 Å². The molecule has 1 aromatic heterocycles. The van der Waals surface area contributed by atoms with Crippen LogP contribution < -0.4 is 10.9 Å². The van der Waals surface area contributed by atoms with Gasteiger partial charge in [-0.05, 0) is 88.6 Å². The molecule has 1 amide bonds. The standard InChI is InChI=1S/C24H28N4O2.CH4O3S/c1-16-6-8-18(23(29)26-19-9-10-19)14-22(16)28-15-25-21-11-7-17(5-4-12-27(2)3)13-20(21)24(28)30;1-5(2,3)4/h6-8,11,13-15,19H,4-5,9-10,12H2,1-3H3,(H,26,29);1H3,(H,2,3,4). The molecular weight excluding hydrogens is 468 g/mol. The number of carbonyl (C=O) groups excluding carboxylic acids is 1. The molecule has 2 N–H and O–H groups in total. The summed E-state index contributed by atoms with van der Waals surface area (Å²) >= 11 is 0. The van der Waals surface area contributed by atoms with Gasteiger partial charge in [0, 0.05) is 11.6 Å². The fourth-order valence-electron chi connectivity index (χ4n) is 3.60. The molecule has 3 aromatic rings. The molecule has 0 radical (unpaired) electrons. The van der Waals surface area contributed by atoms with E-state index in [-0.39, 0.29) is 11.5 Å². The Bertz CT molecular complexity index is 1370. The molecule has 0 atom stereocenters. The highest BCUT2D eigenvalue weighted by Crippen LogP contribution is 2.21. The predicted octanol–water partition coefficient (Wildman–Crippen LogP) is 2.58. The van der Waals surface area contributed by atoms with Gasteiger partial charge in [-0.1, -0.05) is 12.1 Å². The minimum atomic E-state index is -3.67. The molecule has 10 heteroatoms. The summed E-state index contributed by atoms with van der Waals surface area (Å²) in [6, 6.07) is 11.7. The number of aromatic nitrogens is 2. The lowest BCUT2D eigenvalue weighted by Gasteiger charge is -2.13. The Labute approximate surface area is 205 Å². The third-order valence-electron chi connectivity index (χ3n) is 5.54. The van der Waals surface area contributed by atoms with Gasteiger partial charge in [0.25, 0.3) is 21.6 Å². The van der Waals surface area contributed by atoms with E-state index in [0.717, 1.165) is 43.4 Å². The zero-order valence-electron chi connectivity index (χ0n) is 20.5. The van der Waals surface area contributed by atoms with Gasteiger partial charge in [-0.25, -0.2) is 4.98 Å². The lowest BCUT2D eigenvalue weighted by atomic mass is 10.1. The summed E-state index contributed by atoms with van der Waals surface area (Å²) in [7, 11) is 0.453. The molecule has 35 heavy (non-hydrogen) atoms. The van der Waals surface area contributed by atoms with Gasteiger partial charge in [-0.3, -0.25) is 18.7 Å². The average molecular weight is 501 g/mol. The van der Waals surface area contributed by atoms with Crippen LogP contribution in [0.4, 0.5) is 0 Å². The van der Waals surface area contributed by atoms with Crippen molar-refractivity contribution in [1.82, 2.24) is 19.8 Å². The summed E-state index contributed by atoms with van der Waals surface area (Å²) in [4.78, 5) is 32.4. The predicted molar refractivity (Wildman–Crippen MR) is 137 cm³/mol. The molecule has 1 aliphatic rings. The number of hydrogen-bond acceptors (Lipinski definition) is 6. The van der Waals surface area contributed by atoms with Crippen molar-refractivity contribution in [3.8, 4) is 5.69 Å². The second kappa shape index (κ2) is 11.1. The smallest absolute Gasteiger partial charge is 0.265 e. The highest BCUT2D eigenvalue weighted by molar-refractivity contribution is 7.85. The summed E-state index contributed by atoms with van der Waals surface area (Å²) < 4.78 is 27.4.